The zero-order chi connectivity index (χ0) is 8.97. The summed E-state index contributed by atoms with van der Waals surface area (Å²) in [4.78, 5) is 10.3. The van der Waals surface area contributed by atoms with Crippen molar-refractivity contribution in [1.82, 2.24) is 0 Å². The summed E-state index contributed by atoms with van der Waals surface area (Å²) >= 11 is 0. The number of carboxylic acids is 1. The summed E-state index contributed by atoms with van der Waals surface area (Å²) in [6.45, 7) is 1.90. The predicted octanol–water partition coefficient (Wildman–Crippen LogP) is 1.93. The van der Waals surface area contributed by atoms with Crippen LogP contribution in [0.25, 0.3) is 0 Å². The minimum atomic E-state index is -0.756. The summed E-state index contributed by atoms with van der Waals surface area (Å²) in [6, 6.07) is 3.67. The Bertz CT molecular complexity index is 238. The van der Waals surface area contributed by atoms with E-state index in [1.54, 1.807) is 6.26 Å². The molecule has 0 bridgehead atoms. The van der Waals surface area contributed by atoms with Crippen LogP contribution >= 0.6 is 0 Å². The second-order valence-corrected chi connectivity index (χ2v) is 2.99. The molecular weight excluding hydrogens is 156 g/mol. The van der Waals surface area contributed by atoms with E-state index in [2.05, 4.69) is 0 Å². The maximum Gasteiger partial charge on any atom is 0.303 e. The largest absolute Gasteiger partial charge is 0.481 e. The van der Waals surface area contributed by atoms with Crippen molar-refractivity contribution in [3.8, 4) is 0 Å². The van der Waals surface area contributed by atoms with E-state index in [1.807, 2.05) is 19.1 Å². The molecule has 1 atom stereocenters. The number of carboxylic acid groups (broad SMARTS) is 1. The zero-order valence-corrected chi connectivity index (χ0v) is 6.99. The van der Waals surface area contributed by atoms with Crippen LogP contribution in [0.1, 0.15) is 19.1 Å². The first-order chi connectivity index (χ1) is 5.68. The summed E-state index contributed by atoms with van der Waals surface area (Å²) in [6.07, 6.45) is 2.49. The molecule has 3 nitrogen and oxygen atoms in total. The van der Waals surface area contributed by atoms with Crippen LogP contribution in [-0.2, 0) is 11.2 Å². The fourth-order valence-corrected chi connectivity index (χ4v) is 1.14. The van der Waals surface area contributed by atoms with Gasteiger partial charge >= 0.3 is 5.97 Å². The van der Waals surface area contributed by atoms with Gasteiger partial charge in [0.2, 0.25) is 0 Å². The van der Waals surface area contributed by atoms with Crippen molar-refractivity contribution in [2.24, 2.45) is 5.92 Å². The molecule has 0 saturated carbocycles. The highest BCUT2D eigenvalue weighted by Crippen LogP contribution is 2.11. The van der Waals surface area contributed by atoms with Crippen LogP contribution in [0.15, 0.2) is 22.8 Å². The number of rotatable bonds is 4. The number of hydrogen-bond acceptors (Lipinski definition) is 2. The average Bonchev–Trinajstić information content (AvgIpc) is 2.37. The van der Waals surface area contributed by atoms with Crippen LogP contribution in [-0.4, -0.2) is 11.1 Å². The monoisotopic (exact) mass is 168 g/mol. The molecule has 0 aliphatic rings. The summed E-state index contributed by atoms with van der Waals surface area (Å²) in [5.74, 6) is 0.228. The Morgan fingerprint density at radius 1 is 1.75 bits per heavy atom. The lowest BCUT2D eigenvalue weighted by Crippen LogP contribution is -2.06. The molecule has 0 spiro atoms. The SMILES string of the molecule is CC(CC(=O)O)Cc1ccco1. The number of hydrogen-bond donors (Lipinski definition) is 1. The van der Waals surface area contributed by atoms with Gasteiger partial charge in [-0.05, 0) is 18.1 Å². The summed E-state index contributed by atoms with van der Waals surface area (Å²) < 4.78 is 5.09. The lowest BCUT2D eigenvalue weighted by molar-refractivity contribution is -0.137. The molecule has 0 aliphatic carbocycles. The van der Waals surface area contributed by atoms with E-state index in [1.165, 1.54) is 0 Å². The lowest BCUT2D eigenvalue weighted by atomic mass is 10.0. The van der Waals surface area contributed by atoms with E-state index in [9.17, 15) is 4.79 Å². The van der Waals surface area contributed by atoms with Gasteiger partial charge in [0.1, 0.15) is 5.76 Å². The third-order valence-corrected chi connectivity index (χ3v) is 1.65. The summed E-state index contributed by atoms with van der Waals surface area (Å²) in [5.41, 5.74) is 0. The maximum atomic E-state index is 10.3. The van der Waals surface area contributed by atoms with Crippen molar-refractivity contribution in [2.45, 2.75) is 19.8 Å². The first-order valence-corrected chi connectivity index (χ1v) is 3.92. The van der Waals surface area contributed by atoms with Crippen LogP contribution in [0.4, 0.5) is 0 Å². The number of carbonyl (C=O) groups is 1. The molecular formula is C9H12O3. The molecule has 1 heterocycles. The van der Waals surface area contributed by atoms with Crippen molar-refractivity contribution >= 4 is 5.97 Å². The van der Waals surface area contributed by atoms with Gasteiger partial charge in [-0.3, -0.25) is 4.79 Å². The predicted molar refractivity (Wildman–Crippen MR) is 43.8 cm³/mol. The van der Waals surface area contributed by atoms with Gasteiger partial charge in [0, 0.05) is 12.8 Å². The lowest BCUT2D eigenvalue weighted by Gasteiger charge is -2.04. The molecule has 0 saturated heterocycles. The van der Waals surface area contributed by atoms with Crippen LogP contribution in [0.3, 0.4) is 0 Å². The third kappa shape index (κ3) is 2.78. The second-order valence-electron chi connectivity index (χ2n) is 2.99. The quantitative estimate of drug-likeness (QED) is 0.747. The van der Waals surface area contributed by atoms with Crippen LogP contribution < -0.4 is 0 Å². The minimum Gasteiger partial charge on any atom is -0.481 e. The molecule has 1 aromatic rings. The van der Waals surface area contributed by atoms with Crippen molar-refractivity contribution in [3.05, 3.63) is 24.2 Å². The van der Waals surface area contributed by atoms with E-state index in [4.69, 9.17) is 9.52 Å². The van der Waals surface area contributed by atoms with E-state index < -0.39 is 5.97 Å². The highest BCUT2D eigenvalue weighted by Gasteiger charge is 2.09. The second kappa shape index (κ2) is 3.95. The van der Waals surface area contributed by atoms with Crippen molar-refractivity contribution in [3.63, 3.8) is 0 Å². The molecule has 1 N–H and O–H groups in total. The molecule has 66 valence electrons. The molecule has 3 heteroatoms. The average molecular weight is 168 g/mol. The van der Waals surface area contributed by atoms with Gasteiger partial charge < -0.3 is 9.52 Å². The Kier molecular flexibility index (Phi) is 2.91. The Labute approximate surface area is 71.0 Å². The first-order valence-electron chi connectivity index (χ1n) is 3.92. The van der Waals surface area contributed by atoms with E-state index >= 15 is 0 Å². The smallest absolute Gasteiger partial charge is 0.303 e. The maximum absolute atomic E-state index is 10.3. The molecule has 0 aromatic carbocycles. The van der Waals surface area contributed by atoms with Gasteiger partial charge in [0.15, 0.2) is 0 Å². The molecule has 12 heavy (non-hydrogen) atoms. The van der Waals surface area contributed by atoms with Crippen molar-refractivity contribution < 1.29 is 14.3 Å². The van der Waals surface area contributed by atoms with Gasteiger partial charge in [0.25, 0.3) is 0 Å². The molecule has 1 rings (SSSR count). The standard InChI is InChI=1S/C9H12O3/c1-7(6-9(10)11)5-8-3-2-4-12-8/h2-4,7H,5-6H2,1H3,(H,10,11). The molecule has 0 amide bonds. The zero-order valence-electron chi connectivity index (χ0n) is 6.99. The van der Waals surface area contributed by atoms with Gasteiger partial charge in [-0.1, -0.05) is 6.92 Å². The Balaban J connectivity index is 2.36. The fourth-order valence-electron chi connectivity index (χ4n) is 1.14. The number of furan rings is 1. The molecule has 0 fully saturated rings. The van der Waals surface area contributed by atoms with E-state index in [0.29, 0.717) is 6.42 Å². The van der Waals surface area contributed by atoms with Gasteiger partial charge in [-0.15, -0.1) is 0 Å². The van der Waals surface area contributed by atoms with Crippen LogP contribution in [0.5, 0.6) is 0 Å². The third-order valence-electron chi connectivity index (χ3n) is 1.65. The van der Waals surface area contributed by atoms with E-state index in [0.717, 1.165) is 5.76 Å². The molecule has 0 radical (unpaired) electrons. The van der Waals surface area contributed by atoms with Gasteiger partial charge in [-0.2, -0.15) is 0 Å². The highest BCUT2D eigenvalue weighted by atomic mass is 16.4. The van der Waals surface area contributed by atoms with Gasteiger partial charge in [0.05, 0.1) is 6.26 Å². The fraction of sp³-hybridized carbons (Fsp3) is 0.444. The minimum absolute atomic E-state index is 0.133. The van der Waals surface area contributed by atoms with Crippen LogP contribution in [0, 0.1) is 5.92 Å². The van der Waals surface area contributed by atoms with Crippen LogP contribution in [0.2, 0.25) is 0 Å². The Morgan fingerprint density at radius 2 is 2.50 bits per heavy atom. The molecule has 1 aromatic heterocycles. The highest BCUT2D eigenvalue weighted by molar-refractivity contribution is 5.66. The molecule has 0 aliphatic heterocycles. The number of aliphatic carboxylic acids is 1. The normalized spacial score (nSPS) is 12.8. The van der Waals surface area contributed by atoms with Gasteiger partial charge in [-0.25, -0.2) is 0 Å². The van der Waals surface area contributed by atoms with E-state index in [-0.39, 0.29) is 12.3 Å². The summed E-state index contributed by atoms with van der Waals surface area (Å²) in [5, 5.41) is 8.48. The first kappa shape index (κ1) is 8.84. The Morgan fingerprint density at radius 3 is 3.00 bits per heavy atom. The topological polar surface area (TPSA) is 50.4 Å². The van der Waals surface area contributed by atoms with Crippen molar-refractivity contribution in [1.29, 1.82) is 0 Å². The van der Waals surface area contributed by atoms with Crippen molar-refractivity contribution in [2.75, 3.05) is 0 Å². The summed E-state index contributed by atoms with van der Waals surface area (Å²) in [7, 11) is 0. The molecule has 1 unspecified atom stereocenters. The Hall–Kier alpha value is -1.25.